The van der Waals surface area contributed by atoms with E-state index in [1.54, 1.807) is 12.3 Å². The molecular weight excluding hydrogens is 217 g/mol. The van der Waals surface area contributed by atoms with Crippen LogP contribution in [-0.4, -0.2) is 9.55 Å². The second-order valence-corrected chi connectivity index (χ2v) is 4.00. The molecule has 3 nitrogen and oxygen atoms in total. The maximum Gasteiger partial charge on any atom is 0.123 e. The van der Waals surface area contributed by atoms with E-state index >= 15 is 0 Å². The third-order valence-electron chi connectivity index (χ3n) is 2.82. The molecule has 0 aliphatic rings. The number of nitrogens with zero attached hydrogens (tertiary/aromatic N) is 2. The first-order valence-electron chi connectivity index (χ1n) is 5.71. The van der Waals surface area contributed by atoms with Gasteiger partial charge >= 0.3 is 0 Å². The molecule has 0 bridgehead atoms. The second-order valence-electron chi connectivity index (χ2n) is 4.00. The van der Waals surface area contributed by atoms with Gasteiger partial charge in [0.1, 0.15) is 11.6 Å². The zero-order valence-corrected chi connectivity index (χ0v) is 9.81. The quantitative estimate of drug-likeness (QED) is 0.880. The molecule has 0 spiro atoms. The standard InChI is InChI=1S/C13H16FN3/c1-2-17-7-6-16-13(17)9-12(15)10-4-3-5-11(14)8-10/h3-8,12H,2,9,15H2,1H3. The zero-order chi connectivity index (χ0) is 12.3. The van der Waals surface area contributed by atoms with Crippen molar-refractivity contribution in [3.8, 4) is 0 Å². The van der Waals surface area contributed by atoms with E-state index < -0.39 is 0 Å². The van der Waals surface area contributed by atoms with Gasteiger partial charge in [-0.3, -0.25) is 0 Å². The molecule has 0 amide bonds. The molecule has 1 unspecified atom stereocenters. The summed E-state index contributed by atoms with van der Waals surface area (Å²) in [5.41, 5.74) is 6.86. The van der Waals surface area contributed by atoms with E-state index in [0.717, 1.165) is 17.9 Å². The lowest BCUT2D eigenvalue weighted by Gasteiger charge is -2.12. The highest BCUT2D eigenvalue weighted by Gasteiger charge is 2.11. The molecule has 17 heavy (non-hydrogen) atoms. The SMILES string of the molecule is CCn1ccnc1CC(N)c1cccc(F)c1. The minimum Gasteiger partial charge on any atom is -0.335 e. The fourth-order valence-corrected chi connectivity index (χ4v) is 1.87. The smallest absolute Gasteiger partial charge is 0.123 e. The Morgan fingerprint density at radius 3 is 3.00 bits per heavy atom. The van der Waals surface area contributed by atoms with Gasteiger partial charge in [0.15, 0.2) is 0 Å². The van der Waals surface area contributed by atoms with Crippen LogP contribution >= 0.6 is 0 Å². The number of benzene rings is 1. The van der Waals surface area contributed by atoms with Gasteiger partial charge in [0.25, 0.3) is 0 Å². The van der Waals surface area contributed by atoms with Crippen molar-refractivity contribution in [2.45, 2.75) is 25.9 Å². The molecule has 2 rings (SSSR count). The molecule has 2 N–H and O–H groups in total. The molecule has 4 heteroatoms. The van der Waals surface area contributed by atoms with Crippen LogP contribution in [0, 0.1) is 5.82 Å². The number of halogens is 1. The number of rotatable bonds is 4. The van der Waals surface area contributed by atoms with E-state index in [1.165, 1.54) is 12.1 Å². The van der Waals surface area contributed by atoms with Gasteiger partial charge in [0.2, 0.25) is 0 Å². The van der Waals surface area contributed by atoms with E-state index in [1.807, 2.05) is 16.8 Å². The van der Waals surface area contributed by atoms with Crippen LogP contribution < -0.4 is 5.73 Å². The highest BCUT2D eigenvalue weighted by molar-refractivity contribution is 5.20. The minimum absolute atomic E-state index is 0.224. The Morgan fingerprint density at radius 1 is 1.47 bits per heavy atom. The van der Waals surface area contributed by atoms with E-state index in [2.05, 4.69) is 11.9 Å². The number of hydrogen-bond acceptors (Lipinski definition) is 2. The topological polar surface area (TPSA) is 43.8 Å². The fraction of sp³-hybridized carbons (Fsp3) is 0.308. The van der Waals surface area contributed by atoms with E-state index in [9.17, 15) is 4.39 Å². The van der Waals surface area contributed by atoms with Gasteiger partial charge in [0.05, 0.1) is 0 Å². The Balaban J connectivity index is 2.14. The van der Waals surface area contributed by atoms with Crippen LogP contribution in [0.25, 0.3) is 0 Å². The molecule has 0 saturated carbocycles. The Hall–Kier alpha value is -1.68. The summed E-state index contributed by atoms with van der Waals surface area (Å²) in [6.45, 7) is 2.92. The summed E-state index contributed by atoms with van der Waals surface area (Å²) in [6.07, 6.45) is 4.30. The van der Waals surface area contributed by atoms with Gasteiger partial charge in [-0.05, 0) is 24.6 Å². The van der Waals surface area contributed by atoms with Crippen molar-refractivity contribution in [3.05, 3.63) is 53.9 Å². The Bertz CT molecular complexity index is 493. The Kier molecular flexibility index (Phi) is 3.54. The summed E-state index contributed by atoms with van der Waals surface area (Å²) < 4.78 is 15.1. The highest BCUT2D eigenvalue weighted by atomic mass is 19.1. The van der Waals surface area contributed by atoms with Crippen molar-refractivity contribution in [1.29, 1.82) is 0 Å². The van der Waals surface area contributed by atoms with Gasteiger partial charge in [-0.15, -0.1) is 0 Å². The zero-order valence-electron chi connectivity index (χ0n) is 9.81. The molecule has 1 aromatic carbocycles. The first-order chi connectivity index (χ1) is 8.20. The average Bonchev–Trinajstić information content (AvgIpc) is 2.76. The van der Waals surface area contributed by atoms with Gasteiger partial charge < -0.3 is 10.3 Å². The highest BCUT2D eigenvalue weighted by Crippen LogP contribution is 2.16. The molecule has 0 aliphatic heterocycles. The molecule has 90 valence electrons. The first kappa shape index (κ1) is 11.8. The van der Waals surface area contributed by atoms with Crippen molar-refractivity contribution in [1.82, 2.24) is 9.55 Å². The van der Waals surface area contributed by atoms with Gasteiger partial charge in [-0.2, -0.15) is 0 Å². The third-order valence-corrected chi connectivity index (χ3v) is 2.82. The van der Waals surface area contributed by atoms with Crippen LogP contribution in [-0.2, 0) is 13.0 Å². The monoisotopic (exact) mass is 233 g/mol. The van der Waals surface area contributed by atoms with Crippen molar-refractivity contribution < 1.29 is 4.39 Å². The summed E-state index contributed by atoms with van der Waals surface area (Å²) >= 11 is 0. The molecule has 1 heterocycles. The van der Waals surface area contributed by atoms with Gasteiger partial charge in [0, 0.05) is 31.4 Å². The third kappa shape index (κ3) is 2.71. The van der Waals surface area contributed by atoms with Crippen LogP contribution in [0.1, 0.15) is 24.4 Å². The average molecular weight is 233 g/mol. The summed E-state index contributed by atoms with van der Waals surface area (Å²) in [7, 11) is 0. The molecule has 0 fully saturated rings. The van der Waals surface area contributed by atoms with Crippen LogP contribution in [0.15, 0.2) is 36.7 Å². The van der Waals surface area contributed by atoms with Crippen LogP contribution in [0.2, 0.25) is 0 Å². The van der Waals surface area contributed by atoms with E-state index in [-0.39, 0.29) is 11.9 Å². The molecule has 2 aromatic rings. The largest absolute Gasteiger partial charge is 0.335 e. The number of aryl methyl sites for hydroxylation is 1. The van der Waals surface area contributed by atoms with Crippen LogP contribution in [0.3, 0.4) is 0 Å². The summed E-state index contributed by atoms with van der Waals surface area (Å²) in [4.78, 5) is 4.26. The minimum atomic E-state index is -0.253. The number of imidazole rings is 1. The van der Waals surface area contributed by atoms with Crippen LogP contribution in [0.5, 0.6) is 0 Å². The predicted octanol–water partition coefficient (Wildman–Crippen LogP) is 2.28. The number of nitrogens with two attached hydrogens (primary N) is 1. The molecule has 1 atom stereocenters. The lowest BCUT2D eigenvalue weighted by atomic mass is 10.0. The molecule has 0 radical (unpaired) electrons. The van der Waals surface area contributed by atoms with Crippen molar-refractivity contribution in [2.24, 2.45) is 5.73 Å². The van der Waals surface area contributed by atoms with Crippen molar-refractivity contribution in [2.75, 3.05) is 0 Å². The molecule has 0 aliphatic carbocycles. The van der Waals surface area contributed by atoms with Gasteiger partial charge in [-0.25, -0.2) is 9.37 Å². The Morgan fingerprint density at radius 2 is 2.29 bits per heavy atom. The summed E-state index contributed by atoms with van der Waals surface area (Å²) in [6, 6.07) is 6.19. The maximum atomic E-state index is 13.1. The lowest BCUT2D eigenvalue weighted by Crippen LogP contribution is -2.16. The summed E-state index contributed by atoms with van der Waals surface area (Å²) in [5.74, 6) is 0.682. The summed E-state index contributed by atoms with van der Waals surface area (Å²) in [5, 5.41) is 0. The first-order valence-corrected chi connectivity index (χ1v) is 5.71. The second kappa shape index (κ2) is 5.10. The van der Waals surface area contributed by atoms with E-state index in [4.69, 9.17) is 5.73 Å². The predicted molar refractivity (Wildman–Crippen MR) is 64.9 cm³/mol. The Labute approximate surface area is 100 Å². The fourth-order valence-electron chi connectivity index (χ4n) is 1.87. The molecule has 1 aromatic heterocycles. The number of aromatic nitrogens is 2. The van der Waals surface area contributed by atoms with E-state index in [0.29, 0.717) is 6.42 Å². The van der Waals surface area contributed by atoms with Gasteiger partial charge in [-0.1, -0.05) is 12.1 Å². The molecular formula is C13H16FN3. The number of hydrogen-bond donors (Lipinski definition) is 1. The maximum absolute atomic E-state index is 13.1. The van der Waals surface area contributed by atoms with Crippen molar-refractivity contribution in [3.63, 3.8) is 0 Å². The van der Waals surface area contributed by atoms with Crippen molar-refractivity contribution >= 4 is 0 Å². The van der Waals surface area contributed by atoms with Crippen LogP contribution in [0.4, 0.5) is 4.39 Å². The molecule has 0 saturated heterocycles. The lowest BCUT2D eigenvalue weighted by molar-refractivity contribution is 0.605. The normalized spacial score (nSPS) is 12.6.